The van der Waals surface area contributed by atoms with Crippen LogP contribution in [0.15, 0.2) is 48.5 Å². The van der Waals surface area contributed by atoms with Crippen LogP contribution in [0.2, 0.25) is 0 Å². The molecule has 8 heteroatoms. The van der Waals surface area contributed by atoms with Crippen molar-refractivity contribution in [2.24, 2.45) is 5.73 Å². The van der Waals surface area contributed by atoms with E-state index in [2.05, 4.69) is 40.2 Å². The van der Waals surface area contributed by atoms with Gasteiger partial charge in [-0.2, -0.15) is 0 Å². The summed E-state index contributed by atoms with van der Waals surface area (Å²) in [4.78, 5) is 36.2. The first-order valence-electron chi connectivity index (χ1n) is 11.5. The van der Waals surface area contributed by atoms with Crippen LogP contribution in [0.25, 0.3) is 11.1 Å². The smallest absolute Gasteiger partial charge is 0.407 e. The predicted octanol–water partition coefficient (Wildman–Crippen LogP) is 2.03. The first-order valence-corrected chi connectivity index (χ1v) is 11.5. The molecule has 0 radical (unpaired) electrons. The zero-order valence-corrected chi connectivity index (χ0v) is 18.5. The zero-order valence-electron chi connectivity index (χ0n) is 18.5. The van der Waals surface area contributed by atoms with Gasteiger partial charge in [0.1, 0.15) is 12.6 Å². The van der Waals surface area contributed by atoms with Gasteiger partial charge in [0.05, 0.1) is 6.04 Å². The molecule has 0 aromatic heterocycles. The Bertz CT molecular complexity index is 973. The second-order valence-electron chi connectivity index (χ2n) is 8.51. The molecular formula is C25H30N4O4. The number of benzene rings is 2. The van der Waals surface area contributed by atoms with Gasteiger partial charge in [0.25, 0.3) is 0 Å². The summed E-state index contributed by atoms with van der Waals surface area (Å²) in [6.07, 6.45) is 2.00. The molecule has 2 atom stereocenters. The van der Waals surface area contributed by atoms with Crippen LogP contribution in [-0.4, -0.2) is 49.7 Å². The summed E-state index contributed by atoms with van der Waals surface area (Å²) in [5.41, 5.74) is 10.1. The second kappa shape index (κ2) is 10.5. The van der Waals surface area contributed by atoms with Crippen LogP contribution < -0.4 is 21.7 Å². The highest BCUT2D eigenvalue weighted by molar-refractivity contribution is 5.89. The van der Waals surface area contributed by atoms with Gasteiger partial charge < -0.3 is 26.4 Å². The number of nitrogens with one attached hydrogen (secondary N) is 3. The summed E-state index contributed by atoms with van der Waals surface area (Å²) < 4.78 is 5.51. The Morgan fingerprint density at radius 1 is 1.06 bits per heavy atom. The summed E-state index contributed by atoms with van der Waals surface area (Å²) in [5.74, 6) is -0.787. The topological polar surface area (TPSA) is 123 Å². The molecule has 2 aliphatic rings. The molecule has 5 N–H and O–H groups in total. The fourth-order valence-electron chi connectivity index (χ4n) is 4.61. The van der Waals surface area contributed by atoms with Crippen molar-refractivity contribution >= 4 is 17.9 Å². The number of hydrogen-bond acceptors (Lipinski definition) is 5. The Balaban J connectivity index is 1.22. The van der Waals surface area contributed by atoms with E-state index in [1.54, 1.807) is 0 Å². The van der Waals surface area contributed by atoms with E-state index in [-0.39, 0.29) is 24.5 Å². The number of carbonyl (C=O) groups is 3. The lowest BCUT2D eigenvalue weighted by Crippen LogP contribution is -2.50. The normalized spacial score (nSPS) is 17.6. The number of nitrogens with two attached hydrogens (primary N) is 1. The molecule has 1 heterocycles. The van der Waals surface area contributed by atoms with E-state index in [1.807, 2.05) is 24.3 Å². The van der Waals surface area contributed by atoms with Crippen molar-refractivity contribution in [1.82, 2.24) is 16.0 Å². The minimum Gasteiger partial charge on any atom is -0.449 e. The van der Waals surface area contributed by atoms with Gasteiger partial charge in [-0.05, 0) is 54.5 Å². The maximum absolute atomic E-state index is 12.3. The molecule has 1 fully saturated rings. The minimum atomic E-state index is -0.760. The number of fused-ring (bicyclic) bond motifs is 3. The van der Waals surface area contributed by atoms with Gasteiger partial charge in [0.15, 0.2) is 0 Å². The molecule has 2 aromatic carbocycles. The lowest BCUT2D eigenvalue weighted by Gasteiger charge is -2.18. The Morgan fingerprint density at radius 3 is 2.33 bits per heavy atom. The number of primary amides is 1. The highest BCUT2D eigenvalue weighted by Gasteiger charge is 2.29. The van der Waals surface area contributed by atoms with Crippen LogP contribution in [0.3, 0.4) is 0 Å². The summed E-state index contributed by atoms with van der Waals surface area (Å²) in [6, 6.07) is 15.3. The molecule has 1 saturated heterocycles. The van der Waals surface area contributed by atoms with E-state index in [4.69, 9.17) is 10.5 Å². The molecule has 1 aliphatic heterocycles. The summed E-state index contributed by atoms with van der Waals surface area (Å²) in [7, 11) is 0. The van der Waals surface area contributed by atoms with Crippen LogP contribution >= 0.6 is 0 Å². The van der Waals surface area contributed by atoms with Crippen LogP contribution in [0, 0.1) is 0 Å². The third-order valence-electron chi connectivity index (χ3n) is 6.32. The lowest BCUT2D eigenvalue weighted by molar-refractivity contribution is -0.128. The number of hydrogen-bond donors (Lipinski definition) is 4. The number of carbonyl (C=O) groups excluding carboxylic acids is 3. The first kappa shape index (κ1) is 22.8. The van der Waals surface area contributed by atoms with Crippen LogP contribution in [-0.2, 0) is 14.3 Å². The Labute approximate surface area is 193 Å². The quantitative estimate of drug-likeness (QED) is 0.436. The van der Waals surface area contributed by atoms with E-state index in [9.17, 15) is 14.4 Å². The Morgan fingerprint density at radius 2 is 1.73 bits per heavy atom. The van der Waals surface area contributed by atoms with Crippen molar-refractivity contribution in [3.8, 4) is 11.1 Å². The van der Waals surface area contributed by atoms with Gasteiger partial charge in [0.2, 0.25) is 11.8 Å². The molecule has 3 amide bonds. The largest absolute Gasteiger partial charge is 0.449 e. The summed E-state index contributed by atoms with van der Waals surface area (Å²) >= 11 is 0. The van der Waals surface area contributed by atoms with Crippen molar-refractivity contribution in [3.63, 3.8) is 0 Å². The fraction of sp³-hybridized carbons (Fsp3) is 0.400. The van der Waals surface area contributed by atoms with Gasteiger partial charge in [-0.3, -0.25) is 9.59 Å². The van der Waals surface area contributed by atoms with Crippen LogP contribution in [0.1, 0.15) is 42.7 Å². The van der Waals surface area contributed by atoms with Crippen molar-refractivity contribution < 1.29 is 19.1 Å². The molecule has 2 aromatic rings. The van der Waals surface area contributed by atoms with Gasteiger partial charge in [0, 0.05) is 12.5 Å². The predicted molar refractivity (Wildman–Crippen MR) is 124 cm³/mol. The van der Waals surface area contributed by atoms with Crippen LogP contribution in [0.5, 0.6) is 0 Å². The van der Waals surface area contributed by atoms with E-state index in [0.29, 0.717) is 19.4 Å². The average molecular weight is 451 g/mol. The maximum Gasteiger partial charge on any atom is 0.407 e. The molecule has 8 nitrogen and oxygen atoms in total. The van der Waals surface area contributed by atoms with Gasteiger partial charge in [-0.25, -0.2) is 4.79 Å². The third kappa shape index (κ3) is 5.34. The fourth-order valence-corrected chi connectivity index (χ4v) is 4.61. The maximum atomic E-state index is 12.3. The minimum absolute atomic E-state index is 0.00167. The van der Waals surface area contributed by atoms with E-state index in [1.165, 1.54) is 11.1 Å². The molecule has 0 saturated carbocycles. The highest BCUT2D eigenvalue weighted by atomic mass is 16.5. The molecule has 0 spiro atoms. The van der Waals surface area contributed by atoms with E-state index >= 15 is 0 Å². The molecular weight excluding hydrogens is 420 g/mol. The molecule has 4 rings (SSSR count). The average Bonchev–Trinajstić information content (AvgIpc) is 3.46. The van der Waals surface area contributed by atoms with E-state index < -0.39 is 18.0 Å². The number of ether oxygens (including phenoxy) is 1. The number of amides is 3. The molecule has 33 heavy (non-hydrogen) atoms. The Hall–Kier alpha value is -3.39. The molecule has 0 bridgehead atoms. The van der Waals surface area contributed by atoms with Crippen molar-refractivity contribution in [2.75, 3.05) is 19.7 Å². The van der Waals surface area contributed by atoms with Crippen LogP contribution in [0.4, 0.5) is 4.79 Å². The van der Waals surface area contributed by atoms with E-state index in [0.717, 1.165) is 30.5 Å². The molecule has 0 unspecified atom stereocenters. The van der Waals surface area contributed by atoms with Crippen molar-refractivity contribution in [2.45, 2.75) is 43.7 Å². The van der Waals surface area contributed by atoms with Crippen molar-refractivity contribution in [3.05, 3.63) is 59.7 Å². The second-order valence-corrected chi connectivity index (χ2v) is 8.51. The standard InChI is InChI=1S/C25H30N4O4/c26-23(30)21(29-24(31)22-12-6-13-27-22)11-5-14-28-25(32)33-15-20-18-9-3-1-7-16(18)17-8-2-4-10-19(17)20/h1-4,7-10,20-22,27H,5-6,11-15H2,(H2,26,30)(H,28,32)(H,29,31)/t21-,22-/m0/s1. The lowest BCUT2D eigenvalue weighted by atomic mass is 9.98. The molecule has 174 valence electrons. The molecule has 1 aliphatic carbocycles. The van der Waals surface area contributed by atoms with Crippen molar-refractivity contribution in [1.29, 1.82) is 0 Å². The Kier molecular flexibility index (Phi) is 7.24. The SMILES string of the molecule is NC(=O)[C@H](CCCNC(=O)OCC1c2ccccc2-c2ccccc21)NC(=O)[C@@H]1CCCN1. The summed E-state index contributed by atoms with van der Waals surface area (Å²) in [5, 5.41) is 8.52. The monoisotopic (exact) mass is 450 g/mol. The number of alkyl carbamates (subject to hydrolysis) is 1. The van der Waals surface area contributed by atoms with Gasteiger partial charge >= 0.3 is 6.09 Å². The van der Waals surface area contributed by atoms with Gasteiger partial charge in [-0.1, -0.05) is 48.5 Å². The highest BCUT2D eigenvalue weighted by Crippen LogP contribution is 2.44. The zero-order chi connectivity index (χ0) is 23.2. The number of rotatable bonds is 9. The van der Waals surface area contributed by atoms with Gasteiger partial charge in [-0.15, -0.1) is 0 Å². The summed E-state index contributed by atoms with van der Waals surface area (Å²) in [6.45, 7) is 1.36. The third-order valence-corrected chi connectivity index (χ3v) is 6.32. The first-order chi connectivity index (χ1) is 16.0.